The summed E-state index contributed by atoms with van der Waals surface area (Å²) in [5, 5.41) is 19.5. The summed E-state index contributed by atoms with van der Waals surface area (Å²) in [6.07, 6.45) is 1.38. The van der Waals surface area contributed by atoms with Gasteiger partial charge in [-0.1, -0.05) is 12.1 Å². The third-order valence-electron chi connectivity index (χ3n) is 2.83. The maximum atomic E-state index is 12.0. The topological polar surface area (TPSA) is 97.5 Å². The SMILES string of the molecule is O=C(O)C=C1CCc2c(cccc2[N+](=O)[O-])C1=O. The van der Waals surface area contributed by atoms with Crippen molar-refractivity contribution in [2.24, 2.45) is 0 Å². The number of fused-ring (bicyclic) bond motifs is 1. The molecule has 1 aliphatic carbocycles. The maximum absolute atomic E-state index is 12.0. The number of aliphatic carboxylic acids is 1. The number of hydrogen-bond donors (Lipinski definition) is 1. The fourth-order valence-electron chi connectivity index (χ4n) is 2.05. The lowest BCUT2D eigenvalue weighted by atomic mass is 9.86. The van der Waals surface area contributed by atoms with Crippen LogP contribution in [0.1, 0.15) is 22.3 Å². The molecule has 0 atom stereocenters. The fourth-order valence-corrected chi connectivity index (χ4v) is 2.05. The van der Waals surface area contributed by atoms with E-state index < -0.39 is 16.7 Å². The van der Waals surface area contributed by atoms with Crippen molar-refractivity contribution >= 4 is 17.4 Å². The van der Waals surface area contributed by atoms with Gasteiger partial charge in [0.25, 0.3) is 5.69 Å². The van der Waals surface area contributed by atoms with E-state index in [1.165, 1.54) is 18.2 Å². The van der Waals surface area contributed by atoms with Crippen molar-refractivity contribution in [2.75, 3.05) is 0 Å². The van der Waals surface area contributed by atoms with Crippen LogP contribution in [-0.2, 0) is 11.2 Å². The first-order valence-corrected chi connectivity index (χ1v) is 5.25. The number of carboxylic acids is 1. The normalized spacial score (nSPS) is 16.4. The smallest absolute Gasteiger partial charge is 0.328 e. The summed E-state index contributed by atoms with van der Waals surface area (Å²) >= 11 is 0. The van der Waals surface area contributed by atoms with Gasteiger partial charge in [-0.25, -0.2) is 4.79 Å². The van der Waals surface area contributed by atoms with Crippen molar-refractivity contribution in [2.45, 2.75) is 12.8 Å². The van der Waals surface area contributed by atoms with E-state index in [1.807, 2.05) is 0 Å². The van der Waals surface area contributed by atoms with Crippen LogP contribution in [0.3, 0.4) is 0 Å². The number of rotatable bonds is 2. The van der Waals surface area contributed by atoms with Gasteiger partial charge in [-0.05, 0) is 12.8 Å². The standard InChI is InChI=1S/C12H9NO5/c14-11(15)6-7-4-5-8-9(12(7)16)2-1-3-10(8)13(17)18/h1-3,6H,4-5H2,(H,14,15). The largest absolute Gasteiger partial charge is 0.478 e. The van der Waals surface area contributed by atoms with Crippen molar-refractivity contribution in [3.63, 3.8) is 0 Å². The van der Waals surface area contributed by atoms with E-state index in [4.69, 9.17) is 5.11 Å². The van der Waals surface area contributed by atoms with Gasteiger partial charge in [-0.15, -0.1) is 0 Å². The summed E-state index contributed by atoms with van der Waals surface area (Å²) < 4.78 is 0. The summed E-state index contributed by atoms with van der Waals surface area (Å²) in [6, 6.07) is 4.26. The number of Topliss-reactive ketones (excluding diaryl/α,β-unsaturated/α-hetero) is 1. The molecular formula is C12H9NO5. The molecule has 18 heavy (non-hydrogen) atoms. The zero-order valence-corrected chi connectivity index (χ0v) is 9.25. The third kappa shape index (κ3) is 2.00. The van der Waals surface area contributed by atoms with Crippen LogP contribution in [0.25, 0.3) is 0 Å². The molecule has 0 radical (unpaired) electrons. The van der Waals surface area contributed by atoms with E-state index in [0.29, 0.717) is 12.0 Å². The lowest BCUT2D eigenvalue weighted by Gasteiger charge is -2.16. The monoisotopic (exact) mass is 247 g/mol. The van der Waals surface area contributed by atoms with Crippen molar-refractivity contribution in [1.29, 1.82) is 0 Å². The molecule has 1 aromatic rings. The number of nitro benzene ring substituents is 1. The number of carbonyl (C=O) groups excluding carboxylic acids is 1. The zero-order chi connectivity index (χ0) is 13.3. The molecule has 0 bridgehead atoms. The number of nitro groups is 1. The van der Waals surface area contributed by atoms with Crippen LogP contribution in [0.5, 0.6) is 0 Å². The number of carboxylic acid groups (broad SMARTS) is 1. The fraction of sp³-hybridized carbons (Fsp3) is 0.167. The van der Waals surface area contributed by atoms with Crippen molar-refractivity contribution in [3.05, 3.63) is 51.1 Å². The molecule has 0 unspecified atom stereocenters. The molecule has 1 N–H and O–H groups in total. The Balaban J connectivity index is 2.52. The number of benzene rings is 1. The third-order valence-corrected chi connectivity index (χ3v) is 2.83. The molecule has 0 saturated heterocycles. The Morgan fingerprint density at radius 2 is 2.11 bits per heavy atom. The minimum atomic E-state index is -1.19. The summed E-state index contributed by atoms with van der Waals surface area (Å²) in [5.41, 5.74) is 0.698. The van der Waals surface area contributed by atoms with E-state index >= 15 is 0 Å². The second kappa shape index (κ2) is 4.40. The van der Waals surface area contributed by atoms with Crippen LogP contribution in [0, 0.1) is 10.1 Å². The summed E-state index contributed by atoms with van der Waals surface area (Å²) in [5.74, 6) is -1.63. The molecule has 0 saturated carbocycles. The summed E-state index contributed by atoms with van der Waals surface area (Å²) in [6.45, 7) is 0. The molecule has 0 spiro atoms. The van der Waals surface area contributed by atoms with Gasteiger partial charge < -0.3 is 5.11 Å². The van der Waals surface area contributed by atoms with Crippen molar-refractivity contribution in [1.82, 2.24) is 0 Å². The van der Waals surface area contributed by atoms with Crippen molar-refractivity contribution < 1.29 is 19.6 Å². The van der Waals surface area contributed by atoms with Crippen LogP contribution >= 0.6 is 0 Å². The number of ketones is 1. The summed E-state index contributed by atoms with van der Waals surface area (Å²) in [7, 11) is 0. The molecular weight excluding hydrogens is 238 g/mol. The van der Waals surface area contributed by atoms with Gasteiger partial charge in [-0.3, -0.25) is 14.9 Å². The van der Waals surface area contributed by atoms with Gasteiger partial charge >= 0.3 is 5.97 Å². The van der Waals surface area contributed by atoms with Crippen LogP contribution in [0.4, 0.5) is 5.69 Å². The highest BCUT2D eigenvalue weighted by molar-refractivity contribution is 6.13. The van der Waals surface area contributed by atoms with E-state index in [9.17, 15) is 19.7 Å². The quantitative estimate of drug-likeness (QED) is 0.487. The second-order valence-corrected chi connectivity index (χ2v) is 3.90. The van der Waals surface area contributed by atoms with Gasteiger partial charge in [0.05, 0.1) is 4.92 Å². The van der Waals surface area contributed by atoms with E-state index in [1.54, 1.807) is 0 Å². The highest BCUT2D eigenvalue weighted by Gasteiger charge is 2.28. The lowest BCUT2D eigenvalue weighted by molar-refractivity contribution is -0.385. The molecule has 1 aromatic carbocycles. The summed E-state index contributed by atoms with van der Waals surface area (Å²) in [4.78, 5) is 32.8. The first-order valence-electron chi connectivity index (χ1n) is 5.25. The zero-order valence-electron chi connectivity index (χ0n) is 9.25. The predicted molar refractivity (Wildman–Crippen MR) is 61.5 cm³/mol. The van der Waals surface area contributed by atoms with E-state index in [-0.39, 0.29) is 23.2 Å². The van der Waals surface area contributed by atoms with Gasteiger partial charge in [0.15, 0.2) is 5.78 Å². The highest BCUT2D eigenvalue weighted by Crippen LogP contribution is 2.31. The number of carbonyl (C=O) groups is 2. The van der Waals surface area contributed by atoms with Gasteiger partial charge in [-0.2, -0.15) is 0 Å². The molecule has 0 aromatic heterocycles. The van der Waals surface area contributed by atoms with E-state index in [0.717, 1.165) is 6.08 Å². The molecule has 0 amide bonds. The molecule has 0 fully saturated rings. The van der Waals surface area contributed by atoms with Crippen LogP contribution in [-0.4, -0.2) is 21.8 Å². The molecule has 0 heterocycles. The minimum Gasteiger partial charge on any atom is -0.478 e. The molecule has 6 nitrogen and oxygen atoms in total. The first-order chi connectivity index (χ1) is 8.50. The Morgan fingerprint density at radius 1 is 1.39 bits per heavy atom. The molecule has 0 aliphatic heterocycles. The Labute approximate surface area is 102 Å². The molecule has 92 valence electrons. The Hall–Kier alpha value is -2.50. The van der Waals surface area contributed by atoms with Crippen molar-refractivity contribution in [3.8, 4) is 0 Å². The number of nitrogens with zero attached hydrogens (tertiary/aromatic N) is 1. The molecule has 2 rings (SSSR count). The van der Waals surface area contributed by atoms with Gasteiger partial charge in [0, 0.05) is 28.8 Å². The highest BCUT2D eigenvalue weighted by atomic mass is 16.6. The second-order valence-electron chi connectivity index (χ2n) is 3.90. The minimum absolute atomic E-state index is 0.0878. The Kier molecular flexibility index (Phi) is 2.93. The molecule has 6 heteroatoms. The average Bonchev–Trinajstić information content (AvgIpc) is 2.31. The van der Waals surface area contributed by atoms with E-state index in [2.05, 4.69) is 0 Å². The number of allylic oxidation sites excluding steroid dienone is 1. The van der Waals surface area contributed by atoms with Gasteiger partial charge in [0.2, 0.25) is 0 Å². The lowest BCUT2D eigenvalue weighted by Crippen LogP contribution is -2.16. The van der Waals surface area contributed by atoms with Crippen LogP contribution in [0.15, 0.2) is 29.8 Å². The van der Waals surface area contributed by atoms with Crippen LogP contribution < -0.4 is 0 Å². The Bertz CT molecular complexity index is 588. The Morgan fingerprint density at radius 3 is 2.72 bits per heavy atom. The average molecular weight is 247 g/mol. The predicted octanol–water partition coefficient (Wildman–Crippen LogP) is 1.73. The maximum Gasteiger partial charge on any atom is 0.328 e. The number of hydrogen-bond acceptors (Lipinski definition) is 4. The van der Waals surface area contributed by atoms with Crippen LogP contribution in [0.2, 0.25) is 0 Å². The molecule has 1 aliphatic rings. The van der Waals surface area contributed by atoms with Gasteiger partial charge in [0.1, 0.15) is 0 Å². The first kappa shape index (κ1) is 12.0.